The van der Waals surface area contributed by atoms with Crippen molar-refractivity contribution in [3.8, 4) is 0 Å². The van der Waals surface area contributed by atoms with Crippen LogP contribution in [0.15, 0.2) is 84.9 Å². The van der Waals surface area contributed by atoms with Crippen LogP contribution in [-0.2, 0) is 20.9 Å². The van der Waals surface area contributed by atoms with Crippen LogP contribution in [0.3, 0.4) is 0 Å². The van der Waals surface area contributed by atoms with Crippen LogP contribution in [0.2, 0.25) is 5.02 Å². The molecule has 0 aliphatic carbocycles. The molecule has 0 spiro atoms. The number of carbonyl (C=O) groups is 3. The monoisotopic (exact) mass is 518 g/mol. The largest absolute Gasteiger partial charge is 0.480 e. The SMILES string of the molecule is O=C(O)[C@@H]1[C@H]2CC[C@@H](CN1C(=O)C(c1ccccc1)c1ccccc1)N2C(=O)OCc1ccc(Cl)cc1. The Morgan fingerprint density at radius 3 is 2.05 bits per heavy atom. The van der Waals surface area contributed by atoms with Crippen LogP contribution in [0.1, 0.15) is 35.4 Å². The number of piperazine rings is 1. The van der Waals surface area contributed by atoms with Gasteiger partial charge in [0.2, 0.25) is 5.91 Å². The molecule has 1 N–H and O–H groups in total. The summed E-state index contributed by atoms with van der Waals surface area (Å²) in [4.78, 5) is 42.7. The summed E-state index contributed by atoms with van der Waals surface area (Å²) in [6.45, 7) is 0.189. The lowest BCUT2D eigenvalue weighted by atomic mass is 9.88. The molecule has 2 fully saturated rings. The van der Waals surface area contributed by atoms with Gasteiger partial charge in [0, 0.05) is 11.6 Å². The number of carboxylic acids is 1. The number of hydrogen-bond acceptors (Lipinski definition) is 4. The lowest BCUT2D eigenvalue weighted by Gasteiger charge is -2.45. The molecule has 7 nitrogen and oxygen atoms in total. The van der Waals surface area contributed by atoms with Crippen LogP contribution in [0.4, 0.5) is 4.79 Å². The van der Waals surface area contributed by atoms with E-state index in [0.29, 0.717) is 17.9 Å². The molecular formula is C29H27ClN2O5. The number of aliphatic carboxylic acids is 1. The van der Waals surface area contributed by atoms with Crippen LogP contribution in [0.5, 0.6) is 0 Å². The first kappa shape index (κ1) is 24.8. The zero-order valence-corrected chi connectivity index (χ0v) is 20.8. The van der Waals surface area contributed by atoms with E-state index in [1.165, 1.54) is 9.80 Å². The first-order chi connectivity index (χ1) is 17.9. The molecule has 37 heavy (non-hydrogen) atoms. The number of halogens is 1. The van der Waals surface area contributed by atoms with E-state index in [1.807, 2.05) is 60.7 Å². The number of rotatable bonds is 6. The number of carboxylic acid groups (broad SMARTS) is 1. The fourth-order valence-corrected chi connectivity index (χ4v) is 5.62. The Kier molecular flexibility index (Phi) is 7.15. The summed E-state index contributed by atoms with van der Waals surface area (Å²) in [5.41, 5.74) is 2.36. The molecule has 2 saturated heterocycles. The van der Waals surface area contributed by atoms with Crippen molar-refractivity contribution in [2.75, 3.05) is 6.54 Å². The highest BCUT2D eigenvalue weighted by Gasteiger charge is 2.54. The summed E-state index contributed by atoms with van der Waals surface area (Å²) in [5.74, 6) is -2.06. The van der Waals surface area contributed by atoms with Gasteiger partial charge in [-0.05, 0) is 41.7 Å². The van der Waals surface area contributed by atoms with E-state index < -0.39 is 30.1 Å². The number of carbonyl (C=O) groups excluding carboxylic acids is 2. The molecule has 0 saturated carbocycles. The maximum atomic E-state index is 14.1. The highest BCUT2D eigenvalue weighted by Crippen LogP contribution is 2.38. The van der Waals surface area contributed by atoms with E-state index in [-0.39, 0.29) is 25.1 Å². The number of benzene rings is 3. The second-order valence-corrected chi connectivity index (χ2v) is 9.85. The van der Waals surface area contributed by atoms with Gasteiger partial charge in [0.05, 0.1) is 18.0 Å². The maximum Gasteiger partial charge on any atom is 0.410 e. The molecule has 2 amide bonds. The Morgan fingerprint density at radius 2 is 1.49 bits per heavy atom. The lowest BCUT2D eigenvalue weighted by molar-refractivity contribution is -0.156. The van der Waals surface area contributed by atoms with Crippen LogP contribution in [0.25, 0.3) is 0 Å². The van der Waals surface area contributed by atoms with Crippen molar-refractivity contribution >= 4 is 29.6 Å². The Labute approximate surface area is 220 Å². The minimum absolute atomic E-state index is 0.0520. The predicted molar refractivity (Wildman–Crippen MR) is 138 cm³/mol. The third-order valence-corrected chi connectivity index (χ3v) is 7.44. The summed E-state index contributed by atoms with van der Waals surface area (Å²) in [6, 6.07) is 23.6. The van der Waals surface area contributed by atoms with E-state index in [1.54, 1.807) is 24.3 Å². The zero-order chi connectivity index (χ0) is 25.9. The number of amides is 2. The minimum Gasteiger partial charge on any atom is -0.480 e. The molecule has 190 valence electrons. The summed E-state index contributed by atoms with van der Waals surface area (Å²) in [7, 11) is 0. The van der Waals surface area contributed by atoms with Gasteiger partial charge >= 0.3 is 12.1 Å². The van der Waals surface area contributed by atoms with Crippen LogP contribution in [0, 0.1) is 0 Å². The van der Waals surface area contributed by atoms with E-state index in [9.17, 15) is 19.5 Å². The summed E-state index contributed by atoms with van der Waals surface area (Å²) in [5, 5.41) is 10.8. The fourth-order valence-electron chi connectivity index (χ4n) is 5.49. The molecule has 0 radical (unpaired) electrons. The van der Waals surface area contributed by atoms with Gasteiger partial charge in [-0.25, -0.2) is 9.59 Å². The maximum absolute atomic E-state index is 14.1. The van der Waals surface area contributed by atoms with Gasteiger partial charge in [0.15, 0.2) is 0 Å². The molecule has 8 heteroatoms. The second-order valence-electron chi connectivity index (χ2n) is 9.41. The first-order valence-corrected chi connectivity index (χ1v) is 12.6. The van der Waals surface area contributed by atoms with Crippen molar-refractivity contribution in [1.29, 1.82) is 0 Å². The van der Waals surface area contributed by atoms with E-state index >= 15 is 0 Å². The third kappa shape index (κ3) is 5.04. The number of likely N-dealkylation sites (tertiary alicyclic amines) is 1. The number of fused-ring (bicyclic) bond motifs is 2. The summed E-state index contributed by atoms with van der Waals surface area (Å²) >= 11 is 5.92. The normalized spacial score (nSPS) is 20.6. The van der Waals surface area contributed by atoms with Gasteiger partial charge in [0.1, 0.15) is 12.6 Å². The quantitative estimate of drug-likeness (QED) is 0.499. The molecule has 0 unspecified atom stereocenters. The van der Waals surface area contributed by atoms with Gasteiger partial charge < -0.3 is 14.7 Å². The Balaban J connectivity index is 1.40. The van der Waals surface area contributed by atoms with Gasteiger partial charge in [-0.2, -0.15) is 0 Å². The standard InChI is InChI=1S/C29H27ClN2O5/c30-22-13-11-19(12-14-22)18-37-29(36)32-23-15-16-24(32)26(28(34)35)31(17-23)27(33)25(20-7-3-1-4-8-20)21-9-5-2-6-10-21/h1-14,23-26H,15-18H2,(H,34,35)/t23-,24+,26-/m0/s1. The van der Waals surface area contributed by atoms with Crippen molar-refractivity contribution in [1.82, 2.24) is 9.80 Å². The van der Waals surface area contributed by atoms with Crippen LogP contribution < -0.4 is 0 Å². The molecule has 3 atom stereocenters. The molecule has 2 heterocycles. The third-order valence-electron chi connectivity index (χ3n) is 7.19. The molecule has 2 aliphatic heterocycles. The fraction of sp³-hybridized carbons (Fsp3) is 0.276. The first-order valence-electron chi connectivity index (χ1n) is 12.3. The smallest absolute Gasteiger partial charge is 0.410 e. The zero-order valence-electron chi connectivity index (χ0n) is 20.1. The second kappa shape index (κ2) is 10.6. The van der Waals surface area contributed by atoms with Gasteiger partial charge in [-0.15, -0.1) is 0 Å². The van der Waals surface area contributed by atoms with Gasteiger partial charge in [0.25, 0.3) is 0 Å². The molecule has 2 bridgehead atoms. The van der Waals surface area contributed by atoms with Crippen molar-refractivity contribution in [2.24, 2.45) is 0 Å². The lowest BCUT2D eigenvalue weighted by Crippen LogP contribution is -2.65. The van der Waals surface area contributed by atoms with Crippen molar-refractivity contribution in [3.05, 3.63) is 107 Å². The number of nitrogens with zero attached hydrogens (tertiary/aromatic N) is 2. The number of hydrogen-bond donors (Lipinski definition) is 1. The summed E-state index contributed by atoms with van der Waals surface area (Å²) < 4.78 is 5.55. The highest BCUT2D eigenvalue weighted by atomic mass is 35.5. The van der Waals surface area contributed by atoms with E-state index in [4.69, 9.17) is 16.3 Å². The molecule has 3 aromatic carbocycles. The minimum atomic E-state index is -1.16. The highest BCUT2D eigenvalue weighted by molar-refractivity contribution is 6.30. The van der Waals surface area contributed by atoms with E-state index in [2.05, 4.69) is 0 Å². The van der Waals surface area contributed by atoms with Crippen molar-refractivity contribution in [3.63, 3.8) is 0 Å². The average Bonchev–Trinajstić information content (AvgIpc) is 3.22. The van der Waals surface area contributed by atoms with Crippen LogP contribution in [-0.4, -0.2) is 57.5 Å². The molecule has 0 aromatic heterocycles. The molecule has 2 aliphatic rings. The Morgan fingerprint density at radius 1 is 0.892 bits per heavy atom. The van der Waals surface area contributed by atoms with Gasteiger partial charge in [-0.1, -0.05) is 84.4 Å². The van der Waals surface area contributed by atoms with Gasteiger partial charge in [-0.3, -0.25) is 9.69 Å². The van der Waals surface area contributed by atoms with Crippen LogP contribution >= 0.6 is 11.6 Å². The van der Waals surface area contributed by atoms with Crippen molar-refractivity contribution in [2.45, 2.75) is 43.5 Å². The molecule has 5 rings (SSSR count). The Bertz CT molecular complexity index is 1230. The average molecular weight is 519 g/mol. The topological polar surface area (TPSA) is 87.2 Å². The molecular weight excluding hydrogens is 492 g/mol. The molecule has 3 aromatic rings. The summed E-state index contributed by atoms with van der Waals surface area (Å²) in [6.07, 6.45) is 0.529. The predicted octanol–water partition coefficient (Wildman–Crippen LogP) is 4.94. The van der Waals surface area contributed by atoms with Crippen molar-refractivity contribution < 1.29 is 24.2 Å². The number of ether oxygens (including phenoxy) is 1. The Hall–Kier alpha value is -3.84. The van der Waals surface area contributed by atoms with E-state index in [0.717, 1.165) is 16.7 Å².